The first-order valence-electron chi connectivity index (χ1n) is 6.05. The lowest BCUT2D eigenvalue weighted by Crippen LogP contribution is -2.12. The van der Waals surface area contributed by atoms with E-state index in [9.17, 15) is 4.79 Å². The molecule has 0 aromatic carbocycles. The lowest BCUT2D eigenvalue weighted by Gasteiger charge is -2.01. The number of methoxy groups -OCH3 is 1. The number of fused-ring (bicyclic) bond motifs is 1. The quantitative estimate of drug-likeness (QED) is 0.926. The minimum absolute atomic E-state index is 0.239. The predicted molar refractivity (Wildman–Crippen MR) is 71.9 cm³/mol. The number of nitrogens with zero attached hydrogens (tertiary/aromatic N) is 3. The number of ether oxygens (including phenoxy) is 1. The van der Waals surface area contributed by atoms with Crippen LogP contribution in [0.15, 0.2) is 6.20 Å². The fraction of sp³-hybridized carbons (Fsp3) is 0.417. The predicted octanol–water partition coefficient (Wildman–Crippen LogP) is 1.63. The molecule has 2 aromatic rings. The zero-order valence-electron chi connectivity index (χ0n) is 10.8. The summed E-state index contributed by atoms with van der Waals surface area (Å²) in [6.07, 6.45) is 4.88. The Hall–Kier alpha value is -1.89. The van der Waals surface area contributed by atoms with E-state index < -0.39 is 0 Å². The monoisotopic (exact) mass is 278 g/mol. The molecule has 0 fully saturated rings. The van der Waals surface area contributed by atoms with Crippen molar-refractivity contribution in [1.29, 1.82) is 0 Å². The third-order valence-corrected chi connectivity index (χ3v) is 4.12. The Morgan fingerprint density at radius 2 is 2.37 bits per heavy atom. The van der Waals surface area contributed by atoms with Gasteiger partial charge in [-0.3, -0.25) is 14.8 Å². The Kier molecular flexibility index (Phi) is 2.98. The first-order valence-corrected chi connectivity index (χ1v) is 6.86. The van der Waals surface area contributed by atoms with Gasteiger partial charge in [-0.2, -0.15) is 0 Å². The van der Waals surface area contributed by atoms with E-state index in [4.69, 9.17) is 4.74 Å². The van der Waals surface area contributed by atoms with Gasteiger partial charge >= 0.3 is 0 Å². The second kappa shape index (κ2) is 4.65. The summed E-state index contributed by atoms with van der Waals surface area (Å²) in [7, 11) is 3.24. The third kappa shape index (κ3) is 2.21. The van der Waals surface area contributed by atoms with Crippen LogP contribution in [0.25, 0.3) is 0 Å². The van der Waals surface area contributed by atoms with Crippen LogP contribution in [0, 0.1) is 0 Å². The van der Waals surface area contributed by atoms with Crippen LogP contribution in [0.4, 0.5) is 5.13 Å². The van der Waals surface area contributed by atoms with Crippen LogP contribution < -0.4 is 10.1 Å². The molecule has 2 aromatic heterocycles. The number of rotatable bonds is 3. The van der Waals surface area contributed by atoms with Crippen molar-refractivity contribution in [3.63, 3.8) is 0 Å². The van der Waals surface area contributed by atoms with Crippen molar-refractivity contribution in [2.45, 2.75) is 19.3 Å². The summed E-state index contributed by atoms with van der Waals surface area (Å²) < 4.78 is 6.63. The minimum atomic E-state index is -0.239. The number of thiazole rings is 1. The van der Waals surface area contributed by atoms with Crippen molar-refractivity contribution in [3.05, 3.63) is 22.3 Å². The van der Waals surface area contributed by atoms with Crippen LogP contribution in [-0.4, -0.2) is 27.8 Å². The van der Waals surface area contributed by atoms with Gasteiger partial charge in [0.25, 0.3) is 5.91 Å². The van der Waals surface area contributed by atoms with Crippen molar-refractivity contribution in [3.8, 4) is 5.88 Å². The van der Waals surface area contributed by atoms with Crippen LogP contribution in [0.3, 0.4) is 0 Å². The first kappa shape index (κ1) is 12.2. The first-order chi connectivity index (χ1) is 9.17. The lowest BCUT2D eigenvalue weighted by molar-refractivity contribution is 0.102. The Morgan fingerprint density at radius 1 is 1.53 bits per heavy atom. The Bertz CT molecular complexity index is 610. The SMILES string of the molecule is COc1nn(C)cc1C(=O)Nc1nc2c(s1)CCC2. The van der Waals surface area contributed by atoms with Crippen LogP contribution in [0.5, 0.6) is 5.88 Å². The molecule has 1 amide bonds. The maximum atomic E-state index is 12.2. The number of aromatic nitrogens is 3. The summed E-state index contributed by atoms with van der Waals surface area (Å²) in [4.78, 5) is 17.9. The van der Waals surface area contributed by atoms with Crippen LogP contribution in [0.1, 0.15) is 27.3 Å². The van der Waals surface area contributed by atoms with E-state index in [0.717, 1.165) is 18.5 Å². The molecule has 100 valence electrons. The largest absolute Gasteiger partial charge is 0.479 e. The van der Waals surface area contributed by atoms with Gasteiger partial charge in [0.1, 0.15) is 5.56 Å². The molecule has 0 saturated heterocycles. The highest BCUT2D eigenvalue weighted by Crippen LogP contribution is 2.30. The molecule has 0 atom stereocenters. The van der Waals surface area contributed by atoms with Crippen molar-refractivity contribution in [2.75, 3.05) is 12.4 Å². The Balaban J connectivity index is 1.80. The Morgan fingerprint density at radius 3 is 3.11 bits per heavy atom. The van der Waals surface area contributed by atoms with Gasteiger partial charge in [-0.05, 0) is 19.3 Å². The molecule has 1 aliphatic carbocycles. The van der Waals surface area contributed by atoms with Crippen molar-refractivity contribution in [1.82, 2.24) is 14.8 Å². The van der Waals surface area contributed by atoms with Crippen molar-refractivity contribution < 1.29 is 9.53 Å². The molecule has 6 nitrogen and oxygen atoms in total. The number of carbonyl (C=O) groups is 1. The van der Waals surface area contributed by atoms with Crippen LogP contribution in [-0.2, 0) is 19.9 Å². The second-order valence-electron chi connectivity index (χ2n) is 4.42. The molecule has 0 bridgehead atoms. The summed E-state index contributed by atoms with van der Waals surface area (Å²) in [5, 5.41) is 7.52. The molecule has 3 rings (SSSR count). The highest BCUT2D eigenvalue weighted by Gasteiger charge is 2.21. The number of hydrogen-bond acceptors (Lipinski definition) is 5. The van der Waals surface area contributed by atoms with E-state index in [1.807, 2.05) is 0 Å². The fourth-order valence-corrected chi connectivity index (χ4v) is 3.23. The molecular formula is C12H14N4O2S. The topological polar surface area (TPSA) is 69.0 Å². The molecule has 0 aliphatic heterocycles. The molecule has 2 heterocycles. The van der Waals surface area contributed by atoms with Gasteiger partial charge in [0.2, 0.25) is 5.88 Å². The summed E-state index contributed by atoms with van der Waals surface area (Å²) in [5.41, 5.74) is 1.54. The number of carbonyl (C=O) groups excluding carboxylic acids is 1. The number of hydrogen-bond donors (Lipinski definition) is 1. The standard InChI is InChI=1S/C12H14N4O2S/c1-16-6-7(11(15-16)18-2)10(17)14-12-13-8-4-3-5-9(8)19-12/h6H,3-5H2,1-2H3,(H,13,14,17). The van der Waals surface area contributed by atoms with E-state index in [1.165, 1.54) is 18.4 Å². The average Bonchev–Trinajstić information content (AvgIpc) is 3.02. The maximum absolute atomic E-state index is 12.2. The minimum Gasteiger partial charge on any atom is -0.479 e. The number of aryl methyl sites for hydroxylation is 3. The molecule has 1 N–H and O–H groups in total. The molecule has 0 saturated carbocycles. The smallest absolute Gasteiger partial charge is 0.264 e. The second-order valence-corrected chi connectivity index (χ2v) is 5.51. The molecule has 0 radical (unpaired) electrons. The molecule has 0 spiro atoms. The normalized spacial score (nSPS) is 13.4. The van der Waals surface area contributed by atoms with E-state index in [2.05, 4.69) is 15.4 Å². The maximum Gasteiger partial charge on any atom is 0.264 e. The van der Waals surface area contributed by atoms with E-state index in [-0.39, 0.29) is 5.91 Å². The van der Waals surface area contributed by atoms with E-state index in [0.29, 0.717) is 16.6 Å². The van der Waals surface area contributed by atoms with Gasteiger partial charge < -0.3 is 4.74 Å². The molecule has 7 heteroatoms. The van der Waals surface area contributed by atoms with Gasteiger partial charge in [0, 0.05) is 18.1 Å². The highest BCUT2D eigenvalue weighted by molar-refractivity contribution is 7.16. The van der Waals surface area contributed by atoms with Crippen molar-refractivity contribution in [2.24, 2.45) is 7.05 Å². The molecular weight excluding hydrogens is 264 g/mol. The van der Waals surface area contributed by atoms with Gasteiger partial charge in [-0.1, -0.05) is 0 Å². The third-order valence-electron chi connectivity index (χ3n) is 3.05. The summed E-state index contributed by atoms with van der Waals surface area (Å²) in [6.45, 7) is 0. The van der Waals surface area contributed by atoms with E-state index in [1.54, 1.807) is 29.3 Å². The van der Waals surface area contributed by atoms with Gasteiger partial charge in [-0.25, -0.2) is 4.98 Å². The van der Waals surface area contributed by atoms with Crippen LogP contribution in [0.2, 0.25) is 0 Å². The number of nitrogens with one attached hydrogen (secondary N) is 1. The molecule has 19 heavy (non-hydrogen) atoms. The van der Waals surface area contributed by atoms with Crippen LogP contribution >= 0.6 is 11.3 Å². The summed E-state index contributed by atoms with van der Waals surface area (Å²) >= 11 is 1.55. The highest BCUT2D eigenvalue weighted by atomic mass is 32.1. The summed E-state index contributed by atoms with van der Waals surface area (Å²) in [6, 6.07) is 0. The van der Waals surface area contributed by atoms with E-state index >= 15 is 0 Å². The average molecular weight is 278 g/mol. The van der Waals surface area contributed by atoms with Gasteiger partial charge in [-0.15, -0.1) is 16.4 Å². The zero-order valence-corrected chi connectivity index (χ0v) is 11.6. The fourth-order valence-electron chi connectivity index (χ4n) is 2.18. The lowest BCUT2D eigenvalue weighted by atomic mass is 10.3. The number of amides is 1. The zero-order chi connectivity index (χ0) is 13.4. The van der Waals surface area contributed by atoms with Crippen molar-refractivity contribution >= 4 is 22.4 Å². The number of anilines is 1. The molecule has 0 unspecified atom stereocenters. The summed E-state index contributed by atoms with van der Waals surface area (Å²) in [5.74, 6) is 0.0847. The molecule has 1 aliphatic rings. The van der Waals surface area contributed by atoms with Gasteiger partial charge in [0.15, 0.2) is 5.13 Å². The Labute approximate surface area is 114 Å². The van der Waals surface area contributed by atoms with Gasteiger partial charge in [0.05, 0.1) is 12.8 Å².